The largest absolute Gasteiger partial charge is 0.322 e. The summed E-state index contributed by atoms with van der Waals surface area (Å²) in [7, 11) is 0. The van der Waals surface area contributed by atoms with Crippen molar-refractivity contribution in [3.05, 3.63) is 84.2 Å². The summed E-state index contributed by atoms with van der Waals surface area (Å²) >= 11 is 0. The van der Waals surface area contributed by atoms with E-state index in [1.54, 1.807) is 0 Å². The van der Waals surface area contributed by atoms with Crippen LogP contribution < -0.4 is 0 Å². The predicted molar refractivity (Wildman–Crippen MR) is 126 cm³/mol. The van der Waals surface area contributed by atoms with Crippen molar-refractivity contribution >= 4 is 5.57 Å². The van der Waals surface area contributed by atoms with Gasteiger partial charge in [0.25, 0.3) is 0 Å². The zero-order valence-electron chi connectivity index (χ0n) is 18.0. The summed E-state index contributed by atoms with van der Waals surface area (Å²) in [6.07, 6.45) is 10.6. The molecular formula is C28H31N. The van der Waals surface area contributed by atoms with Crippen molar-refractivity contribution in [2.45, 2.75) is 52.9 Å². The summed E-state index contributed by atoms with van der Waals surface area (Å²) in [5, 5.41) is 0. The highest BCUT2D eigenvalue weighted by molar-refractivity contribution is 5.72. The monoisotopic (exact) mass is 381 g/mol. The Labute approximate surface area is 176 Å². The molecule has 29 heavy (non-hydrogen) atoms. The fourth-order valence-electron chi connectivity index (χ4n) is 3.64. The minimum Gasteiger partial charge on any atom is -0.322 e. The number of benzene rings is 2. The van der Waals surface area contributed by atoms with Crippen LogP contribution in [0.15, 0.2) is 67.5 Å². The summed E-state index contributed by atoms with van der Waals surface area (Å²) < 4.78 is 2.17. The van der Waals surface area contributed by atoms with Gasteiger partial charge in [-0.1, -0.05) is 80.7 Å². The van der Waals surface area contributed by atoms with Crippen LogP contribution in [0.4, 0.5) is 0 Å². The fourth-order valence-corrected chi connectivity index (χ4v) is 3.64. The highest BCUT2D eigenvalue weighted by Crippen LogP contribution is 2.28. The Bertz CT molecular complexity index is 1020. The Balaban J connectivity index is 1.90. The number of hydrogen-bond acceptors (Lipinski definition) is 0. The lowest BCUT2D eigenvalue weighted by Gasteiger charge is -2.06. The van der Waals surface area contributed by atoms with Crippen LogP contribution in [0.25, 0.3) is 22.4 Å². The molecule has 0 N–H and O–H groups in total. The highest BCUT2D eigenvalue weighted by Gasteiger charge is 2.10. The molecule has 0 aliphatic carbocycles. The van der Waals surface area contributed by atoms with Gasteiger partial charge in [-0.3, -0.25) is 0 Å². The average molecular weight is 382 g/mol. The molecule has 0 unspecified atom stereocenters. The Morgan fingerprint density at radius 2 is 1.79 bits per heavy atom. The van der Waals surface area contributed by atoms with Crippen LogP contribution in [-0.4, -0.2) is 4.57 Å². The smallest absolute Gasteiger partial charge is 0.0504 e. The standard InChI is InChI=1S/C28H31N/c1-5-7-8-9-12-23-13-10-14-25(19-23)28-21-29(20-26(28)11-6-2)27-17-15-24(16-18-27)22(3)4/h10,13-21H,3,5,7-9,12H2,1-2,4H3. The van der Waals surface area contributed by atoms with E-state index in [0.717, 1.165) is 23.2 Å². The van der Waals surface area contributed by atoms with E-state index in [0.29, 0.717) is 0 Å². The summed E-state index contributed by atoms with van der Waals surface area (Å²) in [5.74, 6) is 6.36. The predicted octanol–water partition coefficient (Wildman–Crippen LogP) is 7.67. The van der Waals surface area contributed by atoms with Crippen LogP contribution in [0.3, 0.4) is 0 Å². The molecular weight excluding hydrogens is 350 g/mol. The lowest BCUT2D eigenvalue weighted by atomic mass is 9.99. The number of nitrogens with zero attached hydrogens (tertiary/aromatic N) is 1. The van der Waals surface area contributed by atoms with Crippen LogP contribution in [-0.2, 0) is 6.42 Å². The summed E-state index contributed by atoms with van der Waals surface area (Å²) in [6, 6.07) is 17.5. The SMILES string of the molecule is C=C(C)c1ccc(-n2cc(C#CC)c(-c3cccc(CCCCCC)c3)c2)cc1. The normalized spacial score (nSPS) is 10.4. The van der Waals surface area contributed by atoms with Gasteiger partial charge in [-0.2, -0.15) is 0 Å². The Morgan fingerprint density at radius 1 is 1.00 bits per heavy atom. The van der Waals surface area contributed by atoms with Gasteiger partial charge in [0, 0.05) is 23.6 Å². The second kappa shape index (κ2) is 9.99. The Hall–Kier alpha value is -2.98. The van der Waals surface area contributed by atoms with E-state index in [-0.39, 0.29) is 0 Å². The van der Waals surface area contributed by atoms with E-state index in [9.17, 15) is 0 Å². The number of aromatic nitrogens is 1. The third-order valence-corrected chi connectivity index (χ3v) is 5.30. The van der Waals surface area contributed by atoms with Crippen LogP contribution in [0, 0.1) is 11.8 Å². The molecule has 1 heterocycles. The second-order valence-electron chi connectivity index (χ2n) is 7.71. The first kappa shape index (κ1) is 20.7. The van der Waals surface area contributed by atoms with E-state index in [2.05, 4.69) is 90.8 Å². The maximum Gasteiger partial charge on any atom is 0.0504 e. The molecule has 0 fully saturated rings. The molecule has 3 aromatic rings. The van der Waals surface area contributed by atoms with Crippen molar-refractivity contribution in [3.8, 4) is 28.7 Å². The maximum atomic E-state index is 4.02. The van der Waals surface area contributed by atoms with E-state index in [1.165, 1.54) is 47.9 Å². The summed E-state index contributed by atoms with van der Waals surface area (Å²) in [4.78, 5) is 0. The van der Waals surface area contributed by atoms with Crippen molar-refractivity contribution in [3.63, 3.8) is 0 Å². The second-order valence-corrected chi connectivity index (χ2v) is 7.71. The average Bonchev–Trinajstić information content (AvgIpc) is 3.16. The van der Waals surface area contributed by atoms with Gasteiger partial charge in [-0.15, -0.1) is 5.92 Å². The third kappa shape index (κ3) is 5.30. The zero-order valence-corrected chi connectivity index (χ0v) is 18.0. The molecule has 0 atom stereocenters. The van der Waals surface area contributed by atoms with Crippen LogP contribution in [0.5, 0.6) is 0 Å². The lowest BCUT2D eigenvalue weighted by molar-refractivity contribution is 0.667. The lowest BCUT2D eigenvalue weighted by Crippen LogP contribution is -1.90. The molecule has 3 rings (SSSR count). The molecule has 2 aromatic carbocycles. The summed E-state index contributed by atoms with van der Waals surface area (Å²) in [5.41, 5.74) is 8.30. The number of rotatable bonds is 8. The van der Waals surface area contributed by atoms with E-state index < -0.39 is 0 Å². The molecule has 1 heteroatoms. The Morgan fingerprint density at radius 3 is 2.48 bits per heavy atom. The number of aryl methyl sites for hydroxylation is 1. The molecule has 1 aromatic heterocycles. The maximum absolute atomic E-state index is 4.02. The van der Waals surface area contributed by atoms with Gasteiger partial charge in [-0.05, 0) is 55.5 Å². The van der Waals surface area contributed by atoms with Gasteiger partial charge in [0.05, 0.1) is 5.56 Å². The van der Waals surface area contributed by atoms with Gasteiger partial charge in [-0.25, -0.2) is 0 Å². The molecule has 0 spiro atoms. The van der Waals surface area contributed by atoms with Gasteiger partial charge in [0.2, 0.25) is 0 Å². The van der Waals surface area contributed by atoms with Crippen LogP contribution >= 0.6 is 0 Å². The summed E-state index contributed by atoms with van der Waals surface area (Å²) in [6.45, 7) is 10.2. The number of allylic oxidation sites excluding steroid dienone is 1. The van der Waals surface area contributed by atoms with Crippen molar-refractivity contribution < 1.29 is 0 Å². The molecule has 0 saturated heterocycles. The Kier molecular flexibility index (Phi) is 7.14. The van der Waals surface area contributed by atoms with Crippen molar-refractivity contribution in [2.75, 3.05) is 0 Å². The zero-order chi connectivity index (χ0) is 20.6. The molecule has 0 aliphatic rings. The first-order chi connectivity index (χ1) is 14.1. The first-order valence-corrected chi connectivity index (χ1v) is 10.6. The van der Waals surface area contributed by atoms with E-state index >= 15 is 0 Å². The highest BCUT2D eigenvalue weighted by atomic mass is 14.9. The van der Waals surface area contributed by atoms with Crippen molar-refractivity contribution in [1.29, 1.82) is 0 Å². The van der Waals surface area contributed by atoms with Gasteiger partial charge in [0.1, 0.15) is 0 Å². The van der Waals surface area contributed by atoms with E-state index in [1.807, 2.05) is 13.8 Å². The first-order valence-electron chi connectivity index (χ1n) is 10.6. The van der Waals surface area contributed by atoms with Gasteiger partial charge >= 0.3 is 0 Å². The fraction of sp³-hybridized carbons (Fsp3) is 0.286. The molecule has 148 valence electrons. The number of unbranched alkanes of at least 4 members (excludes halogenated alkanes) is 3. The number of hydrogen-bond donors (Lipinski definition) is 0. The van der Waals surface area contributed by atoms with Crippen molar-refractivity contribution in [2.24, 2.45) is 0 Å². The minimum atomic E-state index is 1.07. The molecule has 0 saturated carbocycles. The third-order valence-electron chi connectivity index (χ3n) is 5.30. The minimum absolute atomic E-state index is 1.07. The molecule has 0 bridgehead atoms. The molecule has 0 amide bonds. The van der Waals surface area contributed by atoms with Crippen molar-refractivity contribution in [1.82, 2.24) is 4.57 Å². The van der Waals surface area contributed by atoms with Crippen LogP contribution in [0.1, 0.15) is 63.1 Å². The quantitative estimate of drug-likeness (QED) is 0.279. The molecule has 0 radical (unpaired) electrons. The van der Waals surface area contributed by atoms with E-state index in [4.69, 9.17) is 0 Å². The van der Waals surface area contributed by atoms with Gasteiger partial charge in [0.15, 0.2) is 0 Å². The topological polar surface area (TPSA) is 4.93 Å². The van der Waals surface area contributed by atoms with Crippen LogP contribution in [0.2, 0.25) is 0 Å². The molecule has 1 nitrogen and oxygen atoms in total. The van der Waals surface area contributed by atoms with Gasteiger partial charge < -0.3 is 4.57 Å². The molecule has 0 aliphatic heterocycles.